The van der Waals surface area contributed by atoms with E-state index in [-0.39, 0.29) is 5.82 Å². The first kappa shape index (κ1) is 30.3. The summed E-state index contributed by atoms with van der Waals surface area (Å²) in [7, 11) is -0.745. The summed E-state index contributed by atoms with van der Waals surface area (Å²) >= 11 is 0. The van der Waals surface area contributed by atoms with Crippen molar-refractivity contribution in [2.24, 2.45) is 4.36 Å². The van der Waals surface area contributed by atoms with E-state index in [2.05, 4.69) is 20.0 Å². The molecule has 2 N–H and O–H groups in total. The molecule has 2 aromatic heterocycles. The summed E-state index contributed by atoms with van der Waals surface area (Å²) in [5, 5.41) is 12.6. The van der Waals surface area contributed by atoms with Gasteiger partial charge in [0.2, 0.25) is 0 Å². The van der Waals surface area contributed by atoms with Gasteiger partial charge < -0.3 is 10.1 Å². The van der Waals surface area contributed by atoms with Gasteiger partial charge in [-0.25, -0.2) is 23.1 Å². The predicted octanol–water partition coefficient (Wildman–Crippen LogP) is 4.87. The first-order chi connectivity index (χ1) is 20.6. The highest BCUT2D eigenvalue weighted by Gasteiger charge is 2.36. The summed E-state index contributed by atoms with van der Waals surface area (Å²) in [6.07, 6.45) is 4.20. The number of hydrogen-bond donors (Lipinski definition) is 2. The molecule has 0 aliphatic carbocycles. The number of anilines is 1. The lowest BCUT2D eigenvalue weighted by Gasteiger charge is -2.19. The first-order valence-electron chi connectivity index (χ1n) is 13.6. The summed E-state index contributed by atoms with van der Waals surface area (Å²) in [5.74, 6) is 0.493. The van der Waals surface area contributed by atoms with E-state index < -0.39 is 27.9 Å². The number of benzene rings is 2. The molecule has 11 nitrogen and oxygen atoms in total. The summed E-state index contributed by atoms with van der Waals surface area (Å²) < 4.78 is 36.7. The molecule has 3 heterocycles. The topological polar surface area (TPSA) is 123 Å². The Morgan fingerprint density at radius 1 is 1.14 bits per heavy atom. The number of nitrogens with zero attached hydrogens (tertiary/aromatic N) is 5. The summed E-state index contributed by atoms with van der Waals surface area (Å²) in [5.41, 5.74) is 3.54. The zero-order valence-electron chi connectivity index (χ0n) is 24.4. The second kappa shape index (κ2) is 13.0. The van der Waals surface area contributed by atoms with Gasteiger partial charge in [0.1, 0.15) is 17.7 Å². The van der Waals surface area contributed by atoms with Gasteiger partial charge in [0.25, 0.3) is 0 Å². The number of methoxy groups -OCH3 is 1. The molecule has 1 fully saturated rings. The number of halogens is 1. The van der Waals surface area contributed by atoms with Crippen molar-refractivity contribution < 1.29 is 23.0 Å². The molecule has 43 heavy (non-hydrogen) atoms. The van der Waals surface area contributed by atoms with Gasteiger partial charge in [-0.1, -0.05) is 30.3 Å². The number of carbonyl (C=O) groups excluding carboxylic acids is 1. The lowest BCUT2D eigenvalue weighted by Crippen LogP contribution is -2.42. The lowest BCUT2D eigenvalue weighted by atomic mass is 10.0. The molecule has 226 valence electrons. The number of pyridine rings is 1. The Morgan fingerprint density at radius 2 is 1.88 bits per heavy atom. The van der Waals surface area contributed by atoms with Gasteiger partial charge in [-0.15, -0.1) is 0 Å². The number of amides is 2. The number of aromatic nitrogens is 3. The zero-order chi connectivity index (χ0) is 30.6. The minimum Gasteiger partial charge on any atom is -0.383 e. The monoisotopic (exact) mass is 607 g/mol. The molecule has 0 saturated carbocycles. The van der Waals surface area contributed by atoms with Crippen molar-refractivity contribution in [3.63, 3.8) is 0 Å². The normalized spacial score (nSPS) is 17.1. The van der Waals surface area contributed by atoms with Crippen molar-refractivity contribution in [3.05, 3.63) is 89.9 Å². The highest BCUT2D eigenvalue weighted by molar-refractivity contribution is 7.92. The van der Waals surface area contributed by atoms with E-state index in [0.717, 1.165) is 16.8 Å². The average molecular weight is 608 g/mol. The number of ether oxygens (including phenoxy) is 1. The Balaban J connectivity index is 1.42. The third-order valence-corrected chi connectivity index (χ3v) is 7.40. The maximum atomic E-state index is 13.6. The molecule has 1 aliphatic rings. The highest BCUT2D eigenvalue weighted by Crippen LogP contribution is 2.32. The maximum Gasteiger partial charge on any atom is 0.320 e. The third-order valence-electron chi connectivity index (χ3n) is 6.78. The number of urea groups is 1. The fourth-order valence-electron chi connectivity index (χ4n) is 4.79. The smallest absolute Gasteiger partial charge is 0.320 e. The molecule has 0 unspecified atom stereocenters. The zero-order valence-corrected chi connectivity index (χ0v) is 25.2. The van der Waals surface area contributed by atoms with Gasteiger partial charge in [0, 0.05) is 59.8 Å². The second-order valence-corrected chi connectivity index (χ2v) is 13.0. The quantitative estimate of drug-likeness (QED) is 0.278. The van der Waals surface area contributed by atoms with Crippen LogP contribution < -0.4 is 10.6 Å². The summed E-state index contributed by atoms with van der Waals surface area (Å²) in [6.45, 7) is 3.23. The number of rotatable bonds is 9. The van der Waals surface area contributed by atoms with Crippen LogP contribution in [0.25, 0.3) is 16.9 Å². The lowest BCUT2D eigenvalue weighted by molar-refractivity contribution is -0.154. The molecular weight excluding hydrogens is 573 g/mol. The standard InChI is InChI=1S/C30H34FN7O4S/c1-20-27(22-12-15-26(32-18-22)36-43(3,4)40)35-38(24-8-6-5-7-9-24)29(20)34-30(39)33-25-19-37(16-17-41-2)42-28(25)21-10-13-23(31)14-11-21/h5-15,18,25,28H,16-17,19H2,1-4H3,(H2,33,34,39)/t25-,28+/m1/s1. The molecule has 5 rings (SSSR count). The number of hydrogen-bond acceptors (Lipinski definition) is 8. The van der Waals surface area contributed by atoms with Crippen molar-refractivity contribution in [2.75, 3.05) is 44.6 Å². The Morgan fingerprint density at radius 3 is 2.53 bits per heavy atom. The van der Waals surface area contributed by atoms with Crippen LogP contribution in [0, 0.1) is 12.7 Å². The van der Waals surface area contributed by atoms with Crippen molar-refractivity contribution in [1.29, 1.82) is 0 Å². The van der Waals surface area contributed by atoms with Crippen LogP contribution >= 0.6 is 0 Å². The Bertz CT molecular complexity index is 1680. The van der Waals surface area contributed by atoms with Crippen LogP contribution in [0.15, 0.2) is 77.3 Å². The van der Waals surface area contributed by atoms with Crippen LogP contribution in [0.2, 0.25) is 0 Å². The van der Waals surface area contributed by atoms with Crippen molar-refractivity contribution >= 4 is 27.4 Å². The van der Waals surface area contributed by atoms with Crippen molar-refractivity contribution in [2.45, 2.75) is 19.1 Å². The SMILES string of the molecule is COCCN1C[C@@H](NC(=O)Nc2c(C)c(-c3ccc(N=S(C)(C)=O)nc3)nn2-c2ccccc2)[C@H](c2ccc(F)cc2)O1. The van der Waals surface area contributed by atoms with Gasteiger partial charge in [0.05, 0.1) is 24.0 Å². The molecule has 0 radical (unpaired) electrons. The first-order valence-corrected chi connectivity index (χ1v) is 16.0. The van der Waals surface area contributed by atoms with E-state index in [1.54, 1.807) is 53.8 Å². The molecule has 0 spiro atoms. The van der Waals surface area contributed by atoms with E-state index in [1.807, 2.05) is 43.3 Å². The molecule has 4 aromatic rings. The van der Waals surface area contributed by atoms with Crippen LogP contribution in [0.4, 0.5) is 20.8 Å². The maximum absolute atomic E-state index is 13.6. The van der Waals surface area contributed by atoms with E-state index in [4.69, 9.17) is 14.7 Å². The van der Waals surface area contributed by atoms with Crippen LogP contribution in [0.5, 0.6) is 0 Å². The molecule has 1 saturated heterocycles. The summed E-state index contributed by atoms with van der Waals surface area (Å²) in [4.78, 5) is 24.0. The molecule has 13 heteroatoms. The van der Waals surface area contributed by atoms with E-state index >= 15 is 0 Å². The largest absolute Gasteiger partial charge is 0.383 e. The number of carbonyl (C=O) groups is 1. The van der Waals surface area contributed by atoms with Gasteiger partial charge in [-0.2, -0.15) is 14.5 Å². The molecule has 2 aromatic carbocycles. The molecule has 2 amide bonds. The van der Waals surface area contributed by atoms with Crippen molar-refractivity contribution in [1.82, 2.24) is 25.1 Å². The minimum atomic E-state index is -2.35. The molecule has 1 aliphatic heterocycles. The number of nitrogens with one attached hydrogen (secondary N) is 2. The fraction of sp³-hybridized carbons (Fsp3) is 0.300. The number of para-hydroxylation sites is 1. The van der Waals surface area contributed by atoms with Crippen LogP contribution in [0.1, 0.15) is 17.2 Å². The van der Waals surface area contributed by atoms with Crippen molar-refractivity contribution in [3.8, 4) is 16.9 Å². The van der Waals surface area contributed by atoms with E-state index in [0.29, 0.717) is 42.6 Å². The summed E-state index contributed by atoms with van der Waals surface area (Å²) in [6, 6.07) is 18.1. The van der Waals surface area contributed by atoms with Gasteiger partial charge in [0.15, 0.2) is 5.82 Å². The Labute approximate surface area is 250 Å². The Kier molecular flexibility index (Phi) is 9.16. The third kappa shape index (κ3) is 7.43. The average Bonchev–Trinajstić information content (AvgIpc) is 3.52. The van der Waals surface area contributed by atoms with Crippen LogP contribution in [0.3, 0.4) is 0 Å². The van der Waals surface area contributed by atoms with Crippen LogP contribution in [-0.4, -0.2) is 75.4 Å². The van der Waals surface area contributed by atoms with Gasteiger partial charge >= 0.3 is 6.03 Å². The van der Waals surface area contributed by atoms with Crippen LogP contribution in [-0.2, 0) is 19.3 Å². The van der Waals surface area contributed by atoms with E-state index in [9.17, 15) is 13.4 Å². The second-order valence-electron chi connectivity index (χ2n) is 10.4. The number of hydroxylamine groups is 2. The fourth-order valence-corrected chi connectivity index (χ4v) is 5.35. The highest BCUT2D eigenvalue weighted by atomic mass is 32.2. The van der Waals surface area contributed by atoms with E-state index in [1.165, 1.54) is 12.1 Å². The van der Waals surface area contributed by atoms with Gasteiger partial charge in [-0.3, -0.25) is 10.2 Å². The molecular formula is C30H34FN7O4S. The predicted molar refractivity (Wildman–Crippen MR) is 163 cm³/mol. The molecule has 0 bridgehead atoms. The molecule has 2 atom stereocenters. The van der Waals surface area contributed by atoms with Gasteiger partial charge in [-0.05, 0) is 48.9 Å². The Hall–Kier alpha value is -4.17. The minimum absolute atomic E-state index is 0.352.